The van der Waals surface area contributed by atoms with Crippen LogP contribution < -0.4 is 15.8 Å². The maximum absolute atomic E-state index is 13.6. The fourth-order valence-electron chi connectivity index (χ4n) is 4.39. The molecule has 35 heavy (non-hydrogen) atoms. The smallest absolute Gasteiger partial charge is 0.295 e. The molecule has 4 aromatic rings. The van der Waals surface area contributed by atoms with E-state index in [1.54, 1.807) is 16.8 Å². The molecule has 1 fully saturated rings. The molecule has 0 bridgehead atoms. The zero-order chi connectivity index (χ0) is 24.4. The van der Waals surface area contributed by atoms with Crippen molar-refractivity contribution >= 4 is 40.2 Å². The number of hydrogen-bond acceptors (Lipinski definition) is 5. The number of anilines is 2. The quantitative estimate of drug-likeness (QED) is 0.445. The third kappa shape index (κ3) is 4.88. The fraction of sp³-hybridized carbons (Fsp3) is 0.231. The van der Waals surface area contributed by atoms with Gasteiger partial charge in [0.1, 0.15) is 11.3 Å². The number of carbonyl (C=O) groups is 1. The van der Waals surface area contributed by atoms with Crippen molar-refractivity contribution in [3.8, 4) is 0 Å². The Hall–Kier alpha value is -3.78. The molecule has 2 aromatic heterocycles. The second-order valence-electron chi connectivity index (χ2n) is 8.56. The van der Waals surface area contributed by atoms with Gasteiger partial charge in [-0.05, 0) is 48.7 Å². The van der Waals surface area contributed by atoms with Gasteiger partial charge in [0.2, 0.25) is 5.91 Å². The van der Waals surface area contributed by atoms with Gasteiger partial charge in [-0.3, -0.25) is 14.2 Å². The van der Waals surface area contributed by atoms with E-state index < -0.39 is 5.82 Å². The van der Waals surface area contributed by atoms with Crippen molar-refractivity contribution in [2.45, 2.75) is 19.4 Å². The molecule has 5 rings (SSSR count). The van der Waals surface area contributed by atoms with E-state index in [0.717, 1.165) is 18.1 Å². The van der Waals surface area contributed by atoms with Crippen molar-refractivity contribution in [2.75, 3.05) is 23.3 Å². The van der Waals surface area contributed by atoms with E-state index in [1.165, 1.54) is 12.1 Å². The number of fused-ring (bicyclic) bond motifs is 1. The van der Waals surface area contributed by atoms with E-state index >= 15 is 0 Å². The number of nitrogens with one attached hydrogen (secondary N) is 1. The highest BCUT2D eigenvalue weighted by Crippen LogP contribution is 2.26. The third-order valence-electron chi connectivity index (χ3n) is 6.15. The van der Waals surface area contributed by atoms with Crippen LogP contribution in [0.15, 0.2) is 71.7 Å². The summed E-state index contributed by atoms with van der Waals surface area (Å²) in [6, 6.07) is 17.2. The molecule has 1 saturated heterocycles. The first-order valence-electron chi connectivity index (χ1n) is 11.4. The summed E-state index contributed by atoms with van der Waals surface area (Å²) in [7, 11) is 0. The maximum atomic E-state index is 13.6. The van der Waals surface area contributed by atoms with Gasteiger partial charge in [-0.2, -0.15) is 0 Å². The molecule has 1 aliphatic rings. The largest absolute Gasteiger partial charge is 0.351 e. The molecule has 9 heteroatoms. The van der Waals surface area contributed by atoms with E-state index in [2.05, 4.69) is 15.3 Å². The van der Waals surface area contributed by atoms with Crippen LogP contribution >= 0.6 is 11.6 Å². The van der Waals surface area contributed by atoms with Crippen LogP contribution in [-0.4, -0.2) is 33.5 Å². The van der Waals surface area contributed by atoms with Gasteiger partial charge >= 0.3 is 0 Å². The molecule has 2 aromatic carbocycles. The summed E-state index contributed by atoms with van der Waals surface area (Å²) < 4.78 is 15.0. The minimum Gasteiger partial charge on any atom is -0.351 e. The zero-order valence-electron chi connectivity index (χ0n) is 18.8. The second-order valence-corrected chi connectivity index (χ2v) is 8.96. The van der Waals surface area contributed by atoms with Crippen LogP contribution in [0.25, 0.3) is 11.2 Å². The van der Waals surface area contributed by atoms with Gasteiger partial charge in [-0.1, -0.05) is 41.9 Å². The fourth-order valence-corrected chi connectivity index (χ4v) is 4.60. The molecule has 0 spiro atoms. The Kier molecular flexibility index (Phi) is 6.46. The number of halogens is 2. The molecule has 0 radical (unpaired) electrons. The van der Waals surface area contributed by atoms with Gasteiger partial charge in [0.25, 0.3) is 5.56 Å². The number of amides is 1. The number of rotatable bonds is 5. The Bertz CT molecular complexity index is 1440. The van der Waals surface area contributed by atoms with Gasteiger partial charge in [0.15, 0.2) is 11.5 Å². The van der Waals surface area contributed by atoms with Crippen LogP contribution in [0.2, 0.25) is 5.02 Å². The lowest BCUT2D eigenvalue weighted by Gasteiger charge is -2.32. The number of hydrogen-bond donors (Lipinski definition) is 1. The molecule has 178 valence electrons. The van der Waals surface area contributed by atoms with Crippen molar-refractivity contribution in [2.24, 2.45) is 5.92 Å². The molecule has 1 N–H and O–H groups in total. The van der Waals surface area contributed by atoms with E-state index in [4.69, 9.17) is 11.6 Å². The summed E-state index contributed by atoms with van der Waals surface area (Å²) in [5, 5.41) is 2.93. The van der Waals surface area contributed by atoms with Gasteiger partial charge in [0, 0.05) is 19.3 Å². The number of carbonyl (C=O) groups excluding carboxylic acids is 1. The molecule has 1 amide bonds. The summed E-state index contributed by atoms with van der Waals surface area (Å²) in [5.74, 6) is -0.771. The third-order valence-corrected chi connectivity index (χ3v) is 6.46. The number of pyridine rings is 1. The van der Waals surface area contributed by atoms with Crippen LogP contribution in [0.3, 0.4) is 0 Å². The van der Waals surface area contributed by atoms with Gasteiger partial charge in [-0.15, -0.1) is 0 Å². The maximum Gasteiger partial charge on any atom is 0.295 e. The second kappa shape index (κ2) is 9.84. The van der Waals surface area contributed by atoms with Crippen LogP contribution in [-0.2, 0) is 11.3 Å². The summed E-state index contributed by atoms with van der Waals surface area (Å²) in [6.07, 6.45) is 3.03. The Morgan fingerprint density at radius 2 is 1.97 bits per heavy atom. The average molecular weight is 492 g/mol. The predicted molar refractivity (Wildman–Crippen MR) is 134 cm³/mol. The van der Waals surface area contributed by atoms with Crippen molar-refractivity contribution in [3.05, 3.63) is 93.6 Å². The van der Waals surface area contributed by atoms with Crippen LogP contribution in [0.1, 0.15) is 18.4 Å². The van der Waals surface area contributed by atoms with Gasteiger partial charge in [0.05, 0.1) is 23.2 Å². The monoisotopic (exact) mass is 491 g/mol. The summed E-state index contributed by atoms with van der Waals surface area (Å²) >= 11 is 6.07. The minimum absolute atomic E-state index is 0.138. The molecule has 1 unspecified atom stereocenters. The van der Waals surface area contributed by atoms with E-state index in [0.29, 0.717) is 48.7 Å². The Morgan fingerprint density at radius 3 is 2.77 bits per heavy atom. The normalized spacial score (nSPS) is 15.8. The van der Waals surface area contributed by atoms with Gasteiger partial charge in [-0.25, -0.2) is 14.4 Å². The first-order valence-corrected chi connectivity index (χ1v) is 11.8. The number of piperidine rings is 1. The first kappa shape index (κ1) is 23.0. The molecule has 3 heterocycles. The first-order chi connectivity index (χ1) is 17.0. The number of benzene rings is 2. The van der Waals surface area contributed by atoms with E-state index in [9.17, 15) is 14.0 Å². The molecule has 0 saturated carbocycles. The van der Waals surface area contributed by atoms with Gasteiger partial charge < -0.3 is 10.2 Å². The summed E-state index contributed by atoms with van der Waals surface area (Å²) in [6.45, 7) is 1.31. The molecule has 0 aliphatic carbocycles. The highest BCUT2D eigenvalue weighted by atomic mass is 35.5. The predicted octanol–water partition coefficient (Wildman–Crippen LogP) is 4.49. The Balaban J connectivity index is 1.44. The van der Waals surface area contributed by atoms with E-state index in [1.807, 2.05) is 41.3 Å². The summed E-state index contributed by atoms with van der Waals surface area (Å²) in [5.41, 5.74) is 2.22. The molecule has 1 aliphatic heterocycles. The molecular formula is C26H23ClFN5O2. The zero-order valence-corrected chi connectivity index (χ0v) is 19.6. The highest BCUT2D eigenvalue weighted by Gasteiger charge is 2.29. The van der Waals surface area contributed by atoms with Crippen LogP contribution in [0.5, 0.6) is 0 Å². The molecule has 1 atom stereocenters. The lowest BCUT2D eigenvalue weighted by Crippen LogP contribution is -2.44. The van der Waals surface area contributed by atoms with Crippen molar-refractivity contribution in [1.82, 2.24) is 14.5 Å². The van der Waals surface area contributed by atoms with Crippen molar-refractivity contribution in [3.63, 3.8) is 0 Å². The minimum atomic E-state index is -0.472. The number of nitrogens with zero attached hydrogens (tertiary/aromatic N) is 4. The van der Waals surface area contributed by atoms with Crippen LogP contribution in [0.4, 0.5) is 15.9 Å². The lowest BCUT2D eigenvalue weighted by atomic mass is 9.97. The Labute approximate surface area is 206 Å². The SMILES string of the molecule is O=C(Nc1ccc(F)cc1Cl)C1CCCN(c2nc3cccnc3n(Cc3ccccc3)c2=O)C1. The standard InChI is InChI=1S/C26H23ClFN5O2/c27-20-14-19(28)10-11-21(20)31-25(34)18-8-5-13-32(16-18)24-26(35)33(15-17-6-2-1-3-7-17)23-22(30-24)9-4-12-29-23/h1-4,6-7,9-12,14,18H,5,8,13,15-16H2,(H,31,34). The summed E-state index contributed by atoms with van der Waals surface area (Å²) in [4.78, 5) is 37.5. The lowest BCUT2D eigenvalue weighted by molar-refractivity contribution is -0.120. The molecule has 7 nitrogen and oxygen atoms in total. The number of aromatic nitrogens is 3. The van der Waals surface area contributed by atoms with Crippen LogP contribution in [0, 0.1) is 11.7 Å². The van der Waals surface area contributed by atoms with Crippen molar-refractivity contribution in [1.29, 1.82) is 0 Å². The average Bonchev–Trinajstić information content (AvgIpc) is 2.88. The van der Waals surface area contributed by atoms with E-state index in [-0.39, 0.29) is 22.4 Å². The Morgan fingerprint density at radius 1 is 1.14 bits per heavy atom. The van der Waals surface area contributed by atoms with Crippen molar-refractivity contribution < 1.29 is 9.18 Å². The highest BCUT2D eigenvalue weighted by molar-refractivity contribution is 6.33. The molecular weight excluding hydrogens is 469 g/mol. The topological polar surface area (TPSA) is 80.1 Å².